The van der Waals surface area contributed by atoms with Crippen LogP contribution in [0, 0.1) is 6.92 Å². The largest absolute Gasteiger partial charge is 0.324 e. The van der Waals surface area contributed by atoms with Crippen molar-refractivity contribution in [3.63, 3.8) is 0 Å². The van der Waals surface area contributed by atoms with Gasteiger partial charge in [-0.3, -0.25) is 19.4 Å². The minimum absolute atomic E-state index is 0.174. The first-order valence-electron chi connectivity index (χ1n) is 8.62. The molecular formula is C19H16BrN5O3. The molecule has 2 heterocycles. The van der Waals surface area contributed by atoms with Crippen LogP contribution in [0.3, 0.4) is 0 Å². The molecule has 2 aromatic rings. The van der Waals surface area contributed by atoms with E-state index in [2.05, 4.69) is 31.6 Å². The Labute approximate surface area is 169 Å². The van der Waals surface area contributed by atoms with Crippen molar-refractivity contribution >= 4 is 45.0 Å². The Balaban J connectivity index is 1.49. The van der Waals surface area contributed by atoms with Crippen LogP contribution in [0.1, 0.15) is 5.56 Å². The van der Waals surface area contributed by atoms with E-state index in [0.717, 1.165) is 14.9 Å². The summed E-state index contributed by atoms with van der Waals surface area (Å²) in [7, 11) is 0. The molecule has 0 aliphatic carbocycles. The molecule has 0 saturated carbocycles. The fraction of sp³-hybridized carbons (Fsp3) is 0.211. The van der Waals surface area contributed by atoms with E-state index < -0.39 is 23.9 Å². The fourth-order valence-corrected chi connectivity index (χ4v) is 3.51. The number of nitrogens with one attached hydrogen (secondary N) is 1. The van der Waals surface area contributed by atoms with Crippen molar-refractivity contribution in [1.29, 1.82) is 0 Å². The predicted octanol–water partition coefficient (Wildman–Crippen LogP) is 2.69. The molecular weight excluding hydrogens is 426 g/mol. The second-order valence-corrected chi connectivity index (χ2v) is 7.46. The monoisotopic (exact) mass is 441 g/mol. The van der Waals surface area contributed by atoms with Crippen molar-refractivity contribution in [2.75, 3.05) is 16.8 Å². The second kappa shape index (κ2) is 7.16. The molecule has 2 aliphatic rings. The van der Waals surface area contributed by atoms with Gasteiger partial charge in [-0.05, 0) is 42.8 Å². The average Bonchev–Trinajstić information content (AvgIpc) is 3.18. The zero-order valence-corrected chi connectivity index (χ0v) is 16.5. The zero-order valence-electron chi connectivity index (χ0n) is 14.9. The number of aryl methyl sites for hydroxylation is 1. The Morgan fingerprint density at radius 2 is 1.82 bits per heavy atom. The molecule has 142 valence electrons. The molecule has 1 fully saturated rings. The van der Waals surface area contributed by atoms with Crippen molar-refractivity contribution in [1.82, 2.24) is 5.01 Å². The Morgan fingerprint density at radius 3 is 2.54 bits per heavy atom. The van der Waals surface area contributed by atoms with Crippen molar-refractivity contribution in [3.8, 4) is 0 Å². The number of hydrogen-bond donors (Lipinski definition) is 1. The van der Waals surface area contributed by atoms with Gasteiger partial charge < -0.3 is 5.32 Å². The predicted molar refractivity (Wildman–Crippen MR) is 106 cm³/mol. The SMILES string of the molecule is Cc1ccccc1NC(=O)CN1N=N[C@@H]2C(=O)N(c3ccc(Br)cc3)C(=O)[C@H]21. The highest BCUT2D eigenvalue weighted by molar-refractivity contribution is 9.10. The summed E-state index contributed by atoms with van der Waals surface area (Å²) in [5.41, 5.74) is 2.07. The highest BCUT2D eigenvalue weighted by Gasteiger charge is 2.55. The molecule has 0 spiro atoms. The molecule has 9 heteroatoms. The third-order valence-corrected chi connectivity index (χ3v) is 5.20. The Morgan fingerprint density at radius 1 is 1.11 bits per heavy atom. The highest BCUT2D eigenvalue weighted by atomic mass is 79.9. The fourth-order valence-electron chi connectivity index (χ4n) is 3.25. The number of anilines is 2. The van der Waals surface area contributed by atoms with E-state index in [1.165, 1.54) is 5.01 Å². The number of rotatable bonds is 4. The van der Waals surface area contributed by atoms with Gasteiger partial charge in [0.2, 0.25) is 5.91 Å². The number of fused-ring (bicyclic) bond motifs is 1. The average molecular weight is 442 g/mol. The lowest BCUT2D eigenvalue weighted by Crippen LogP contribution is -2.43. The normalized spacial score (nSPS) is 20.6. The Bertz CT molecular complexity index is 991. The molecule has 1 saturated heterocycles. The number of carbonyl (C=O) groups is 3. The first-order valence-corrected chi connectivity index (χ1v) is 9.41. The van der Waals surface area contributed by atoms with Crippen LogP contribution in [0.4, 0.5) is 11.4 Å². The number of nitrogens with zero attached hydrogens (tertiary/aromatic N) is 4. The molecule has 28 heavy (non-hydrogen) atoms. The molecule has 0 bridgehead atoms. The molecule has 0 radical (unpaired) electrons. The van der Waals surface area contributed by atoms with Crippen molar-refractivity contribution in [3.05, 3.63) is 58.6 Å². The minimum Gasteiger partial charge on any atom is -0.324 e. The molecule has 8 nitrogen and oxygen atoms in total. The summed E-state index contributed by atoms with van der Waals surface area (Å²) >= 11 is 3.33. The summed E-state index contributed by atoms with van der Waals surface area (Å²) < 4.78 is 0.838. The van der Waals surface area contributed by atoms with Crippen LogP contribution in [0.2, 0.25) is 0 Å². The van der Waals surface area contributed by atoms with Crippen LogP contribution in [0.5, 0.6) is 0 Å². The van der Waals surface area contributed by atoms with E-state index in [-0.39, 0.29) is 12.5 Å². The molecule has 3 amide bonds. The zero-order chi connectivity index (χ0) is 19.8. The quantitative estimate of drug-likeness (QED) is 0.737. The third-order valence-electron chi connectivity index (χ3n) is 4.67. The molecule has 4 rings (SSSR count). The number of imide groups is 1. The number of hydrogen-bond acceptors (Lipinski definition) is 6. The van der Waals surface area contributed by atoms with Crippen molar-refractivity contribution < 1.29 is 14.4 Å². The van der Waals surface area contributed by atoms with Gasteiger partial charge in [0.15, 0.2) is 12.1 Å². The lowest BCUT2D eigenvalue weighted by atomic mass is 10.1. The Hall–Kier alpha value is -3.07. The smallest absolute Gasteiger partial charge is 0.263 e. The lowest BCUT2D eigenvalue weighted by Gasteiger charge is -2.20. The second-order valence-electron chi connectivity index (χ2n) is 6.54. The topological polar surface area (TPSA) is 94.4 Å². The maximum absolute atomic E-state index is 12.9. The molecule has 0 aromatic heterocycles. The summed E-state index contributed by atoms with van der Waals surface area (Å²) in [6.07, 6.45) is 0. The number of amides is 3. The van der Waals surface area contributed by atoms with Gasteiger partial charge in [0.25, 0.3) is 11.8 Å². The van der Waals surface area contributed by atoms with Crippen LogP contribution >= 0.6 is 15.9 Å². The first-order chi connectivity index (χ1) is 13.5. The van der Waals surface area contributed by atoms with Crippen molar-refractivity contribution in [2.45, 2.75) is 19.0 Å². The lowest BCUT2D eigenvalue weighted by molar-refractivity contribution is -0.123. The van der Waals surface area contributed by atoms with Gasteiger partial charge in [-0.15, -0.1) is 0 Å². The van der Waals surface area contributed by atoms with Crippen LogP contribution in [0.25, 0.3) is 0 Å². The summed E-state index contributed by atoms with van der Waals surface area (Å²) in [6, 6.07) is 12.4. The number of para-hydroxylation sites is 1. The van der Waals surface area contributed by atoms with Gasteiger partial charge in [-0.2, -0.15) is 5.11 Å². The minimum atomic E-state index is -0.928. The van der Waals surface area contributed by atoms with Gasteiger partial charge in [0.05, 0.1) is 5.69 Å². The summed E-state index contributed by atoms with van der Waals surface area (Å²) in [5.74, 6) is -1.22. The first kappa shape index (κ1) is 18.3. The number of halogens is 1. The maximum atomic E-state index is 12.9. The van der Waals surface area contributed by atoms with E-state index in [1.54, 1.807) is 30.3 Å². The van der Waals surface area contributed by atoms with E-state index in [9.17, 15) is 14.4 Å². The van der Waals surface area contributed by atoms with Crippen molar-refractivity contribution in [2.24, 2.45) is 10.3 Å². The summed E-state index contributed by atoms with van der Waals surface area (Å²) in [6.45, 7) is 1.71. The maximum Gasteiger partial charge on any atom is 0.263 e. The standard InChI is InChI=1S/C19H16BrN5O3/c1-11-4-2-3-5-14(11)21-15(26)10-24-17-16(22-23-24)18(27)25(19(17)28)13-8-6-12(20)7-9-13/h2-9,16-17H,10H2,1H3,(H,21,26)/t16-,17-/m0/s1. The van der Waals surface area contributed by atoms with E-state index in [4.69, 9.17) is 0 Å². The third kappa shape index (κ3) is 3.18. The van der Waals surface area contributed by atoms with Gasteiger partial charge in [-0.1, -0.05) is 39.4 Å². The molecule has 2 aliphatic heterocycles. The van der Waals surface area contributed by atoms with Gasteiger partial charge >= 0.3 is 0 Å². The molecule has 0 unspecified atom stereocenters. The van der Waals surface area contributed by atoms with Crippen LogP contribution in [0.15, 0.2) is 63.3 Å². The van der Waals surface area contributed by atoms with Gasteiger partial charge in [0, 0.05) is 10.2 Å². The highest BCUT2D eigenvalue weighted by Crippen LogP contribution is 2.32. The summed E-state index contributed by atoms with van der Waals surface area (Å²) in [5, 5.41) is 11.9. The van der Waals surface area contributed by atoms with E-state index in [1.807, 2.05) is 25.1 Å². The van der Waals surface area contributed by atoms with E-state index >= 15 is 0 Å². The van der Waals surface area contributed by atoms with Crippen LogP contribution in [-0.4, -0.2) is 41.4 Å². The molecule has 2 atom stereocenters. The van der Waals surface area contributed by atoms with Gasteiger partial charge in [0.1, 0.15) is 6.54 Å². The molecule has 2 aromatic carbocycles. The molecule has 1 N–H and O–H groups in total. The van der Waals surface area contributed by atoms with E-state index in [0.29, 0.717) is 11.4 Å². The van der Waals surface area contributed by atoms with Crippen LogP contribution in [-0.2, 0) is 14.4 Å². The number of carbonyl (C=O) groups excluding carboxylic acids is 3. The van der Waals surface area contributed by atoms with Gasteiger partial charge in [-0.25, -0.2) is 4.90 Å². The Kier molecular flexibility index (Phi) is 4.68. The summed E-state index contributed by atoms with van der Waals surface area (Å²) in [4.78, 5) is 39.1. The number of benzene rings is 2. The van der Waals surface area contributed by atoms with Crippen LogP contribution < -0.4 is 10.2 Å².